The van der Waals surface area contributed by atoms with Crippen LogP contribution in [-0.2, 0) is 0 Å². The minimum atomic E-state index is -0.575. The van der Waals surface area contributed by atoms with Crippen molar-refractivity contribution in [2.75, 3.05) is 33.8 Å². The van der Waals surface area contributed by atoms with Crippen LogP contribution in [0.2, 0.25) is 0 Å². The Morgan fingerprint density at radius 2 is 1.37 bits per heavy atom. The summed E-state index contributed by atoms with van der Waals surface area (Å²) in [5.41, 5.74) is 0. The summed E-state index contributed by atoms with van der Waals surface area (Å²) in [5.74, 6) is 0. The van der Waals surface area contributed by atoms with Gasteiger partial charge in [0.05, 0.1) is 27.2 Å². The molecule has 0 aromatic rings. The van der Waals surface area contributed by atoms with E-state index in [1.807, 2.05) is 0 Å². The summed E-state index contributed by atoms with van der Waals surface area (Å²) in [5, 5.41) is 18.3. The first-order chi connectivity index (χ1) is 8.52. The molecule has 0 radical (unpaired) electrons. The first-order valence-corrected chi connectivity index (χ1v) is 7.62. The fourth-order valence-corrected chi connectivity index (χ4v) is 2.39. The fraction of sp³-hybridized carbons (Fsp3) is 1.00. The lowest BCUT2D eigenvalue weighted by Gasteiger charge is -2.31. The molecule has 0 aromatic carbocycles. The molecule has 0 heterocycles. The van der Waals surface area contributed by atoms with Gasteiger partial charge in [0.2, 0.25) is 0 Å². The second-order valence-corrected chi connectivity index (χ2v) is 6.15. The van der Waals surface area contributed by atoms with Crippen LogP contribution in [0.25, 0.3) is 0 Å². The smallest absolute Gasteiger partial charge is 0.126 e. The SMILES string of the molecule is CCCCCCCCCC[N+](C)(C)CC(O)CO.[Br-]. The van der Waals surface area contributed by atoms with E-state index in [-0.39, 0.29) is 23.6 Å². The molecule has 2 N–H and O–H groups in total. The van der Waals surface area contributed by atoms with E-state index in [1.165, 1.54) is 51.4 Å². The number of likely N-dealkylation sites (N-methyl/N-ethyl adjacent to an activating group) is 1. The van der Waals surface area contributed by atoms with Gasteiger partial charge in [-0.1, -0.05) is 45.4 Å². The summed E-state index contributed by atoms with van der Waals surface area (Å²) in [6, 6.07) is 0. The molecule has 0 saturated heterocycles. The minimum absolute atomic E-state index is 0. The number of aliphatic hydroxyl groups excluding tert-OH is 2. The number of quaternary nitrogens is 1. The maximum atomic E-state index is 9.45. The second-order valence-electron chi connectivity index (χ2n) is 6.15. The first-order valence-electron chi connectivity index (χ1n) is 7.62. The Kier molecular flexibility index (Phi) is 15.2. The van der Waals surface area contributed by atoms with E-state index in [1.54, 1.807) is 0 Å². The van der Waals surface area contributed by atoms with Gasteiger partial charge in [0.1, 0.15) is 12.6 Å². The number of nitrogens with zero attached hydrogens (tertiary/aromatic N) is 1. The molecule has 118 valence electrons. The van der Waals surface area contributed by atoms with Gasteiger partial charge < -0.3 is 31.7 Å². The van der Waals surface area contributed by atoms with Crippen LogP contribution >= 0.6 is 0 Å². The van der Waals surface area contributed by atoms with E-state index in [2.05, 4.69) is 21.0 Å². The Bertz CT molecular complexity index is 189. The van der Waals surface area contributed by atoms with Crippen molar-refractivity contribution in [3.8, 4) is 0 Å². The molecular formula is C15H34BrNO2. The fourth-order valence-electron chi connectivity index (χ4n) is 2.39. The summed E-state index contributed by atoms with van der Waals surface area (Å²) in [7, 11) is 4.25. The number of hydrogen-bond acceptors (Lipinski definition) is 2. The van der Waals surface area contributed by atoms with Crippen molar-refractivity contribution in [3.63, 3.8) is 0 Å². The van der Waals surface area contributed by atoms with Crippen LogP contribution in [0.1, 0.15) is 58.3 Å². The Labute approximate surface area is 130 Å². The third-order valence-electron chi connectivity index (χ3n) is 3.53. The van der Waals surface area contributed by atoms with Crippen LogP contribution in [0.4, 0.5) is 0 Å². The largest absolute Gasteiger partial charge is 1.00 e. The molecule has 0 aliphatic rings. The maximum absolute atomic E-state index is 9.45. The molecule has 0 aromatic heterocycles. The van der Waals surface area contributed by atoms with Crippen LogP contribution in [0.3, 0.4) is 0 Å². The van der Waals surface area contributed by atoms with Gasteiger partial charge in [-0.05, 0) is 12.8 Å². The molecule has 0 aliphatic heterocycles. The van der Waals surface area contributed by atoms with E-state index in [0.717, 1.165) is 11.0 Å². The van der Waals surface area contributed by atoms with E-state index >= 15 is 0 Å². The number of hydrogen-bond donors (Lipinski definition) is 2. The van der Waals surface area contributed by atoms with Gasteiger partial charge in [0.15, 0.2) is 0 Å². The Balaban J connectivity index is 0. The van der Waals surface area contributed by atoms with Crippen molar-refractivity contribution < 1.29 is 31.7 Å². The Hall–Kier alpha value is 0.360. The molecule has 0 fully saturated rings. The molecule has 0 spiro atoms. The zero-order valence-corrected chi connectivity index (χ0v) is 14.7. The first kappa shape index (κ1) is 21.7. The predicted molar refractivity (Wildman–Crippen MR) is 77.5 cm³/mol. The molecule has 0 rings (SSSR count). The average molecular weight is 340 g/mol. The van der Waals surface area contributed by atoms with Crippen molar-refractivity contribution in [2.45, 2.75) is 64.4 Å². The molecule has 1 unspecified atom stereocenters. The number of aliphatic hydroxyl groups is 2. The molecular weight excluding hydrogens is 306 g/mol. The van der Waals surface area contributed by atoms with Gasteiger partial charge in [-0.25, -0.2) is 0 Å². The van der Waals surface area contributed by atoms with Crippen molar-refractivity contribution in [2.24, 2.45) is 0 Å². The summed E-state index contributed by atoms with van der Waals surface area (Å²) >= 11 is 0. The minimum Gasteiger partial charge on any atom is -1.00 e. The lowest BCUT2D eigenvalue weighted by Crippen LogP contribution is -3.00. The molecule has 0 aliphatic carbocycles. The predicted octanol–water partition coefficient (Wildman–Crippen LogP) is -0.439. The highest BCUT2D eigenvalue weighted by Gasteiger charge is 2.19. The number of unbranched alkanes of at least 4 members (excludes halogenated alkanes) is 7. The third-order valence-corrected chi connectivity index (χ3v) is 3.53. The Morgan fingerprint density at radius 3 is 1.84 bits per heavy atom. The quantitative estimate of drug-likeness (QED) is 0.374. The van der Waals surface area contributed by atoms with Gasteiger partial charge in [0, 0.05) is 0 Å². The van der Waals surface area contributed by atoms with E-state index in [0.29, 0.717) is 6.54 Å². The molecule has 3 nitrogen and oxygen atoms in total. The number of rotatable bonds is 12. The molecule has 1 atom stereocenters. The molecule has 19 heavy (non-hydrogen) atoms. The van der Waals surface area contributed by atoms with Gasteiger partial charge in [-0.15, -0.1) is 0 Å². The summed E-state index contributed by atoms with van der Waals surface area (Å²) in [6.45, 7) is 3.86. The van der Waals surface area contributed by atoms with Crippen molar-refractivity contribution in [1.82, 2.24) is 0 Å². The molecule has 0 amide bonds. The van der Waals surface area contributed by atoms with Gasteiger partial charge in [-0.3, -0.25) is 0 Å². The molecule has 0 saturated carbocycles. The van der Waals surface area contributed by atoms with Crippen LogP contribution < -0.4 is 17.0 Å². The average Bonchev–Trinajstić information content (AvgIpc) is 2.31. The van der Waals surface area contributed by atoms with Crippen molar-refractivity contribution >= 4 is 0 Å². The van der Waals surface area contributed by atoms with E-state index in [9.17, 15) is 5.11 Å². The zero-order chi connectivity index (χ0) is 13.9. The van der Waals surface area contributed by atoms with Crippen LogP contribution in [0.15, 0.2) is 0 Å². The summed E-state index contributed by atoms with van der Waals surface area (Å²) in [6.07, 6.45) is 10.1. The van der Waals surface area contributed by atoms with Crippen LogP contribution in [-0.4, -0.2) is 54.6 Å². The van der Waals surface area contributed by atoms with Crippen LogP contribution in [0.5, 0.6) is 0 Å². The highest BCUT2D eigenvalue weighted by Crippen LogP contribution is 2.10. The third kappa shape index (κ3) is 14.6. The van der Waals surface area contributed by atoms with E-state index in [4.69, 9.17) is 5.11 Å². The van der Waals surface area contributed by atoms with Gasteiger partial charge in [0.25, 0.3) is 0 Å². The summed E-state index contributed by atoms with van der Waals surface area (Å²) < 4.78 is 0.803. The van der Waals surface area contributed by atoms with E-state index < -0.39 is 6.10 Å². The molecule has 0 bridgehead atoms. The van der Waals surface area contributed by atoms with Crippen LogP contribution in [0, 0.1) is 0 Å². The van der Waals surface area contributed by atoms with Crippen molar-refractivity contribution in [3.05, 3.63) is 0 Å². The zero-order valence-electron chi connectivity index (χ0n) is 13.1. The monoisotopic (exact) mass is 339 g/mol. The Morgan fingerprint density at radius 1 is 0.895 bits per heavy atom. The van der Waals surface area contributed by atoms with Gasteiger partial charge in [-0.2, -0.15) is 0 Å². The molecule has 4 heteroatoms. The topological polar surface area (TPSA) is 40.5 Å². The highest BCUT2D eigenvalue weighted by molar-refractivity contribution is 4.51. The standard InChI is InChI=1S/C15H34NO2.BrH/c1-4-5-6-7-8-9-10-11-12-16(2,3)13-15(18)14-17;/h15,17-18H,4-14H2,1-3H3;1H/q+1;/p-1. The second kappa shape index (κ2) is 13.3. The highest BCUT2D eigenvalue weighted by atomic mass is 79.9. The number of halogens is 1. The maximum Gasteiger partial charge on any atom is 0.126 e. The summed E-state index contributed by atoms with van der Waals surface area (Å²) in [4.78, 5) is 0. The lowest BCUT2D eigenvalue weighted by molar-refractivity contribution is -0.893. The van der Waals surface area contributed by atoms with Gasteiger partial charge >= 0.3 is 0 Å². The van der Waals surface area contributed by atoms with Crippen molar-refractivity contribution in [1.29, 1.82) is 0 Å². The normalized spacial score (nSPS) is 13.1. The lowest BCUT2D eigenvalue weighted by atomic mass is 10.1.